The van der Waals surface area contributed by atoms with Crippen LogP contribution in [0.1, 0.15) is 15.9 Å². The van der Waals surface area contributed by atoms with Crippen LogP contribution < -0.4 is 5.32 Å². The van der Waals surface area contributed by atoms with Crippen molar-refractivity contribution in [2.45, 2.75) is 6.92 Å². The van der Waals surface area contributed by atoms with Crippen LogP contribution in [0, 0.1) is 6.92 Å². The number of carbonyl (C=O) groups is 1. The molecule has 1 aromatic rings. The molecule has 0 aromatic heterocycles. The Morgan fingerprint density at radius 3 is 2.84 bits per heavy atom. The van der Waals surface area contributed by atoms with Crippen molar-refractivity contribution in [3.05, 3.63) is 33.8 Å². The van der Waals surface area contributed by atoms with Crippen LogP contribution in [0.4, 0.5) is 0 Å². The number of methoxy groups -OCH3 is 1. The molecule has 0 unspecified atom stereocenters. The molecule has 0 fully saturated rings. The van der Waals surface area contributed by atoms with Crippen molar-refractivity contribution in [1.29, 1.82) is 0 Å². The summed E-state index contributed by atoms with van der Waals surface area (Å²) in [5.74, 6) is -0.0288. The Kier molecular flexibility index (Phi) is 7.05. The molecule has 1 amide bonds. The van der Waals surface area contributed by atoms with Crippen LogP contribution in [0.5, 0.6) is 0 Å². The lowest BCUT2D eigenvalue weighted by atomic mass is 10.1. The minimum atomic E-state index is -0.0288. The highest BCUT2D eigenvalue weighted by Crippen LogP contribution is 2.15. The van der Waals surface area contributed by atoms with Crippen LogP contribution in [0.2, 0.25) is 0 Å². The Hall–Kier alpha value is -0.910. The van der Waals surface area contributed by atoms with Crippen LogP contribution in [-0.2, 0) is 4.74 Å². The highest BCUT2D eigenvalue weighted by atomic mass is 79.9. The summed E-state index contributed by atoms with van der Waals surface area (Å²) in [5, 5.41) is 2.93. The molecule has 0 aliphatic rings. The lowest BCUT2D eigenvalue weighted by molar-refractivity contribution is 0.0947. The van der Waals surface area contributed by atoms with Gasteiger partial charge in [0.15, 0.2) is 0 Å². The van der Waals surface area contributed by atoms with Gasteiger partial charge < -0.3 is 15.0 Å². The third-order valence-electron chi connectivity index (χ3n) is 2.90. The fourth-order valence-electron chi connectivity index (χ4n) is 1.65. The van der Waals surface area contributed by atoms with E-state index < -0.39 is 0 Å². The van der Waals surface area contributed by atoms with E-state index in [0.29, 0.717) is 18.7 Å². The van der Waals surface area contributed by atoms with Gasteiger partial charge in [0.25, 0.3) is 5.91 Å². The lowest BCUT2D eigenvalue weighted by Gasteiger charge is -2.16. The van der Waals surface area contributed by atoms with E-state index >= 15 is 0 Å². The summed E-state index contributed by atoms with van der Waals surface area (Å²) < 4.78 is 5.92. The number of nitrogens with zero attached hydrogens (tertiary/aromatic N) is 1. The predicted molar refractivity (Wildman–Crippen MR) is 80.6 cm³/mol. The van der Waals surface area contributed by atoms with E-state index in [1.165, 1.54) is 0 Å². The molecule has 5 heteroatoms. The molecule has 0 saturated carbocycles. The molecule has 4 nitrogen and oxygen atoms in total. The number of amides is 1. The average Bonchev–Trinajstić information content (AvgIpc) is 2.39. The Bertz CT molecular complexity index is 424. The van der Waals surface area contributed by atoms with E-state index in [0.717, 1.165) is 23.1 Å². The minimum absolute atomic E-state index is 0.0288. The van der Waals surface area contributed by atoms with E-state index in [-0.39, 0.29) is 5.91 Å². The van der Waals surface area contributed by atoms with Crippen molar-refractivity contribution in [2.24, 2.45) is 0 Å². The van der Waals surface area contributed by atoms with Crippen LogP contribution in [0.25, 0.3) is 0 Å². The Labute approximate surface area is 123 Å². The van der Waals surface area contributed by atoms with Gasteiger partial charge in [0, 0.05) is 36.8 Å². The van der Waals surface area contributed by atoms with Gasteiger partial charge >= 0.3 is 0 Å². The van der Waals surface area contributed by atoms with E-state index in [1.54, 1.807) is 7.11 Å². The van der Waals surface area contributed by atoms with Crippen LogP contribution in [-0.4, -0.2) is 51.2 Å². The molecule has 0 atom stereocenters. The molecule has 1 N–H and O–H groups in total. The molecular weight excluding hydrogens is 308 g/mol. The van der Waals surface area contributed by atoms with Crippen LogP contribution in [0.15, 0.2) is 22.7 Å². The number of aryl methyl sites for hydroxylation is 1. The zero-order valence-corrected chi connectivity index (χ0v) is 13.3. The quantitative estimate of drug-likeness (QED) is 0.833. The Morgan fingerprint density at radius 1 is 1.42 bits per heavy atom. The van der Waals surface area contributed by atoms with Gasteiger partial charge in [-0.15, -0.1) is 0 Å². The van der Waals surface area contributed by atoms with E-state index in [2.05, 4.69) is 26.1 Å². The molecule has 0 radical (unpaired) electrons. The van der Waals surface area contributed by atoms with Crippen molar-refractivity contribution in [2.75, 3.05) is 40.4 Å². The predicted octanol–water partition coefficient (Wildman–Crippen LogP) is 2.07. The normalized spacial score (nSPS) is 10.8. The third kappa shape index (κ3) is 5.72. The van der Waals surface area contributed by atoms with Crippen LogP contribution in [0.3, 0.4) is 0 Å². The zero-order valence-electron chi connectivity index (χ0n) is 11.7. The molecule has 0 spiro atoms. The molecule has 0 saturated heterocycles. The first-order valence-corrected chi connectivity index (χ1v) is 7.05. The van der Waals surface area contributed by atoms with Gasteiger partial charge in [0.1, 0.15) is 0 Å². The number of halogens is 1. The first-order valence-electron chi connectivity index (χ1n) is 6.26. The van der Waals surface area contributed by atoms with Crippen molar-refractivity contribution >= 4 is 21.8 Å². The number of carbonyl (C=O) groups excluding carboxylic acids is 1. The summed E-state index contributed by atoms with van der Waals surface area (Å²) in [4.78, 5) is 14.2. The first-order chi connectivity index (χ1) is 9.04. The number of ether oxygens (including phenoxy) is 1. The van der Waals surface area contributed by atoms with Gasteiger partial charge in [-0.2, -0.15) is 0 Å². The third-order valence-corrected chi connectivity index (χ3v) is 3.39. The number of hydrogen-bond donors (Lipinski definition) is 1. The topological polar surface area (TPSA) is 41.6 Å². The molecule has 1 aromatic carbocycles. The maximum Gasteiger partial charge on any atom is 0.251 e. The zero-order chi connectivity index (χ0) is 14.3. The van der Waals surface area contributed by atoms with Crippen molar-refractivity contribution < 1.29 is 9.53 Å². The van der Waals surface area contributed by atoms with Crippen molar-refractivity contribution in [1.82, 2.24) is 10.2 Å². The van der Waals surface area contributed by atoms with Crippen molar-refractivity contribution in [3.63, 3.8) is 0 Å². The lowest BCUT2D eigenvalue weighted by Crippen LogP contribution is -2.34. The number of likely N-dealkylation sites (N-methyl/N-ethyl adjacent to an activating group) is 1. The maximum atomic E-state index is 12.0. The Balaban J connectivity index is 2.41. The fraction of sp³-hybridized carbons (Fsp3) is 0.500. The van der Waals surface area contributed by atoms with Gasteiger partial charge in [-0.25, -0.2) is 0 Å². The smallest absolute Gasteiger partial charge is 0.251 e. The fourth-order valence-corrected chi connectivity index (χ4v) is 2.01. The Morgan fingerprint density at radius 2 is 2.16 bits per heavy atom. The average molecular weight is 329 g/mol. The molecular formula is C14H21BrN2O2. The summed E-state index contributed by atoms with van der Waals surface area (Å²) >= 11 is 3.38. The first kappa shape index (κ1) is 16.1. The standard InChI is InChI=1S/C14H21BrN2O2/c1-11-4-5-12(15)10-13(11)14(18)16-6-7-17(2)8-9-19-3/h4-5,10H,6-9H2,1-3H3,(H,16,18). The minimum Gasteiger partial charge on any atom is -0.383 e. The number of nitrogens with one attached hydrogen (secondary N) is 1. The molecule has 0 heterocycles. The number of hydrogen-bond acceptors (Lipinski definition) is 3. The molecule has 19 heavy (non-hydrogen) atoms. The van der Waals surface area contributed by atoms with E-state index in [1.807, 2.05) is 32.2 Å². The molecule has 106 valence electrons. The second kappa shape index (κ2) is 8.30. The number of benzene rings is 1. The van der Waals surface area contributed by atoms with Gasteiger partial charge in [0.2, 0.25) is 0 Å². The van der Waals surface area contributed by atoms with Gasteiger partial charge in [-0.1, -0.05) is 22.0 Å². The van der Waals surface area contributed by atoms with Crippen molar-refractivity contribution in [3.8, 4) is 0 Å². The highest BCUT2D eigenvalue weighted by Gasteiger charge is 2.09. The number of rotatable bonds is 7. The summed E-state index contributed by atoms with van der Waals surface area (Å²) in [6.07, 6.45) is 0. The molecule has 0 aliphatic carbocycles. The maximum absolute atomic E-state index is 12.0. The van der Waals surface area contributed by atoms with Gasteiger partial charge in [-0.05, 0) is 31.7 Å². The summed E-state index contributed by atoms with van der Waals surface area (Å²) in [5.41, 5.74) is 1.70. The summed E-state index contributed by atoms with van der Waals surface area (Å²) in [7, 11) is 3.70. The monoisotopic (exact) mass is 328 g/mol. The van der Waals surface area contributed by atoms with E-state index in [4.69, 9.17) is 4.74 Å². The second-order valence-corrected chi connectivity index (χ2v) is 5.43. The summed E-state index contributed by atoms with van der Waals surface area (Å²) in [6.45, 7) is 4.94. The molecule has 0 bridgehead atoms. The second-order valence-electron chi connectivity index (χ2n) is 4.51. The largest absolute Gasteiger partial charge is 0.383 e. The highest BCUT2D eigenvalue weighted by molar-refractivity contribution is 9.10. The molecule has 0 aliphatic heterocycles. The van der Waals surface area contributed by atoms with Gasteiger partial charge in [-0.3, -0.25) is 4.79 Å². The SMILES string of the molecule is COCCN(C)CCNC(=O)c1cc(Br)ccc1C. The molecule has 1 rings (SSSR count). The van der Waals surface area contributed by atoms with Gasteiger partial charge in [0.05, 0.1) is 6.61 Å². The van der Waals surface area contributed by atoms with E-state index in [9.17, 15) is 4.79 Å². The van der Waals surface area contributed by atoms with Crippen LogP contribution >= 0.6 is 15.9 Å². The summed E-state index contributed by atoms with van der Waals surface area (Å²) in [6, 6.07) is 5.72.